The molecular weight excluding hydrogens is 913 g/mol. The van der Waals surface area contributed by atoms with Crippen LogP contribution in [0.1, 0.15) is 0 Å². The number of rotatable bonds is 7. The van der Waals surface area contributed by atoms with Crippen LogP contribution in [0.5, 0.6) is 0 Å². The highest BCUT2D eigenvalue weighted by Gasteiger charge is 2.21. The highest BCUT2D eigenvalue weighted by molar-refractivity contribution is 6.24. The van der Waals surface area contributed by atoms with Gasteiger partial charge in [0.05, 0.1) is 0 Å². The SMILES string of the molecule is c1cc(-c2cc3ccccc3cc2-c2ccc(-c3c4ccccc4c(-c4ccc(-c5cccc6ccccc56)cc4)c4ccccc34)cc2)cc(-c2c3ccccc3c(-c3cccc4ccccc34)c3ccccc23)c1. The van der Waals surface area contributed by atoms with Crippen molar-refractivity contribution < 1.29 is 0 Å². The molecule has 0 unspecified atom stereocenters. The van der Waals surface area contributed by atoms with Crippen molar-refractivity contribution in [3.63, 3.8) is 0 Å². The van der Waals surface area contributed by atoms with Gasteiger partial charge in [-0.15, -0.1) is 0 Å². The van der Waals surface area contributed by atoms with Crippen LogP contribution in [-0.4, -0.2) is 0 Å². The molecule has 0 radical (unpaired) electrons. The topological polar surface area (TPSA) is 0 Å². The molecule has 15 rings (SSSR count). The van der Waals surface area contributed by atoms with Gasteiger partial charge in [-0.25, -0.2) is 0 Å². The molecule has 0 saturated carbocycles. The lowest BCUT2D eigenvalue weighted by molar-refractivity contribution is 1.59. The lowest BCUT2D eigenvalue weighted by Crippen LogP contribution is -1.93. The van der Waals surface area contributed by atoms with Gasteiger partial charge in [0.1, 0.15) is 0 Å². The molecule has 0 spiro atoms. The average Bonchev–Trinajstić information content (AvgIpc) is 3.51. The second-order valence-electron chi connectivity index (χ2n) is 20.2. The van der Waals surface area contributed by atoms with Crippen LogP contribution in [0.25, 0.3) is 153 Å². The third-order valence-electron chi connectivity index (χ3n) is 16.0. The second kappa shape index (κ2) is 18.0. The van der Waals surface area contributed by atoms with Crippen LogP contribution in [-0.2, 0) is 0 Å². The minimum absolute atomic E-state index is 1.18. The Morgan fingerprint density at radius 1 is 0.132 bits per heavy atom. The summed E-state index contributed by atoms with van der Waals surface area (Å²) in [5.74, 6) is 0. The summed E-state index contributed by atoms with van der Waals surface area (Å²) >= 11 is 0. The molecule has 0 N–H and O–H groups in total. The van der Waals surface area contributed by atoms with E-state index in [2.05, 4.69) is 291 Å². The quantitative estimate of drug-likeness (QED) is 0.140. The predicted molar refractivity (Wildman–Crippen MR) is 327 cm³/mol. The van der Waals surface area contributed by atoms with Gasteiger partial charge in [-0.3, -0.25) is 0 Å². The zero-order valence-electron chi connectivity index (χ0n) is 41.7. The van der Waals surface area contributed by atoms with E-state index in [4.69, 9.17) is 0 Å². The molecule has 0 aromatic heterocycles. The summed E-state index contributed by atoms with van der Waals surface area (Å²) in [6.45, 7) is 0. The molecular formula is C76H48. The number of hydrogen-bond acceptors (Lipinski definition) is 0. The largest absolute Gasteiger partial charge is 0.0616 e. The fraction of sp³-hybridized carbons (Fsp3) is 0. The molecule has 0 aliphatic heterocycles. The third kappa shape index (κ3) is 7.14. The molecule has 0 nitrogen and oxygen atoms in total. The monoisotopic (exact) mass is 960 g/mol. The normalized spacial score (nSPS) is 11.7. The van der Waals surface area contributed by atoms with Crippen molar-refractivity contribution in [2.75, 3.05) is 0 Å². The first kappa shape index (κ1) is 43.7. The molecule has 352 valence electrons. The van der Waals surface area contributed by atoms with Crippen molar-refractivity contribution in [2.24, 2.45) is 0 Å². The zero-order chi connectivity index (χ0) is 50.1. The van der Waals surface area contributed by atoms with E-state index in [0.29, 0.717) is 0 Å². The highest BCUT2D eigenvalue weighted by Crippen LogP contribution is 2.48. The van der Waals surface area contributed by atoms with Gasteiger partial charge < -0.3 is 0 Å². The van der Waals surface area contributed by atoms with E-state index < -0.39 is 0 Å². The standard InChI is InChI=1S/C76H48/c1-2-21-56-48-72(57-24-15-25-58(46-57)75-67-32-11-13-34-69(67)76(70-35-14-12-33-68(70)75)62-37-17-23-50-19-4-6-27-61(50)62)71(47-55(56)20-1)52-40-44-54(45-41-52)74-65-30-9-7-28-63(65)73(64-29-8-10-31-66(64)74)53-42-38-51(39-43-53)60-36-16-22-49-18-3-5-26-59(49)60/h1-48H. The molecule has 0 atom stereocenters. The first-order valence-electron chi connectivity index (χ1n) is 26.4. The molecule has 0 aliphatic carbocycles. The van der Waals surface area contributed by atoms with E-state index in [1.165, 1.54) is 153 Å². The van der Waals surface area contributed by atoms with Crippen molar-refractivity contribution in [1.82, 2.24) is 0 Å². The summed E-state index contributed by atoms with van der Waals surface area (Å²) in [6.07, 6.45) is 0. The molecule has 0 heterocycles. The number of hydrogen-bond donors (Lipinski definition) is 0. The minimum Gasteiger partial charge on any atom is -0.0616 e. The van der Waals surface area contributed by atoms with Gasteiger partial charge in [-0.2, -0.15) is 0 Å². The van der Waals surface area contributed by atoms with Gasteiger partial charge in [-0.1, -0.05) is 273 Å². The Kier molecular flexibility index (Phi) is 10.3. The summed E-state index contributed by atoms with van der Waals surface area (Å²) < 4.78 is 0. The summed E-state index contributed by atoms with van der Waals surface area (Å²) in [4.78, 5) is 0. The maximum Gasteiger partial charge on any atom is -0.00201 e. The van der Waals surface area contributed by atoms with E-state index in [1.54, 1.807) is 0 Å². The molecule has 76 heavy (non-hydrogen) atoms. The van der Waals surface area contributed by atoms with Gasteiger partial charge in [0.25, 0.3) is 0 Å². The number of fused-ring (bicyclic) bond motifs is 7. The van der Waals surface area contributed by atoms with Gasteiger partial charge in [0, 0.05) is 0 Å². The predicted octanol–water partition coefficient (Wildman–Crippen LogP) is 21.4. The van der Waals surface area contributed by atoms with E-state index in [0.717, 1.165) is 0 Å². The Morgan fingerprint density at radius 2 is 0.421 bits per heavy atom. The smallest absolute Gasteiger partial charge is 0.00201 e. The first-order chi connectivity index (χ1) is 37.7. The van der Waals surface area contributed by atoms with E-state index in [9.17, 15) is 0 Å². The van der Waals surface area contributed by atoms with E-state index in [1.807, 2.05) is 0 Å². The van der Waals surface area contributed by atoms with Crippen molar-refractivity contribution in [2.45, 2.75) is 0 Å². The Bertz CT molecular complexity index is 4660. The van der Waals surface area contributed by atoms with Crippen LogP contribution in [0.3, 0.4) is 0 Å². The summed E-state index contributed by atoms with van der Waals surface area (Å²) in [5, 5.41) is 17.5. The Balaban J connectivity index is 0.855. The molecule has 15 aromatic carbocycles. The van der Waals surface area contributed by atoms with Gasteiger partial charge in [0.15, 0.2) is 0 Å². The Labute approximate surface area is 442 Å². The van der Waals surface area contributed by atoms with Crippen LogP contribution >= 0.6 is 0 Å². The first-order valence-corrected chi connectivity index (χ1v) is 26.4. The van der Waals surface area contributed by atoms with E-state index in [-0.39, 0.29) is 0 Å². The maximum atomic E-state index is 2.42. The molecule has 0 heteroatoms. The second-order valence-corrected chi connectivity index (χ2v) is 20.2. The Hall–Kier alpha value is -9.88. The fourth-order valence-electron chi connectivity index (χ4n) is 12.6. The maximum absolute atomic E-state index is 2.42. The molecule has 0 fully saturated rings. The molecule has 0 bridgehead atoms. The van der Waals surface area contributed by atoms with Crippen LogP contribution < -0.4 is 0 Å². The van der Waals surface area contributed by atoms with Crippen molar-refractivity contribution >= 4 is 75.4 Å². The van der Waals surface area contributed by atoms with E-state index >= 15 is 0 Å². The molecule has 0 aliphatic rings. The molecule has 15 aromatic rings. The van der Waals surface area contributed by atoms with Crippen molar-refractivity contribution in [3.05, 3.63) is 291 Å². The number of benzene rings is 15. The lowest BCUT2D eigenvalue weighted by Gasteiger charge is -2.20. The summed E-state index contributed by atoms with van der Waals surface area (Å²) in [7, 11) is 0. The van der Waals surface area contributed by atoms with Crippen molar-refractivity contribution in [1.29, 1.82) is 0 Å². The van der Waals surface area contributed by atoms with Gasteiger partial charge in [0.2, 0.25) is 0 Å². The van der Waals surface area contributed by atoms with Crippen molar-refractivity contribution in [3.8, 4) is 77.9 Å². The summed E-state index contributed by atoms with van der Waals surface area (Å²) in [6, 6.07) is 108. The van der Waals surface area contributed by atoms with Gasteiger partial charge >= 0.3 is 0 Å². The minimum atomic E-state index is 1.18. The van der Waals surface area contributed by atoms with Crippen LogP contribution in [0.15, 0.2) is 291 Å². The summed E-state index contributed by atoms with van der Waals surface area (Å²) in [5.41, 5.74) is 17.2. The van der Waals surface area contributed by atoms with Crippen LogP contribution in [0, 0.1) is 0 Å². The van der Waals surface area contributed by atoms with Crippen LogP contribution in [0.4, 0.5) is 0 Å². The van der Waals surface area contributed by atoms with Crippen LogP contribution in [0.2, 0.25) is 0 Å². The zero-order valence-corrected chi connectivity index (χ0v) is 41.7. The third-order valence-corrected chi connectivity index (χ3v) is 16.0. The highest BCUT2D eigenvalue weighted by atomic mass is 14.2. The fourth-order valence-corrected chi connectivity index (χ4v) is 12.6. The van der Waals surface area contributed by atoms with Gasteiger partial charge in [-0.05, 0) is 171 Å². The Morgan fingerprint density at radius 3 is 0.882 bits per heavy atom. The lowest BCUT2D eigenvalue weighted by atomic mass is 9.83. The molecule has 0 amide bonds. The average molecular weight is 961 g/mol. The molecule has 0 saturated heterocycles.